The topological polar surface area (TPSA) is 41.6 Å². The number of nitrogens with one attached hydrogen (secondary N) is 1. The summed E-state index contributed by atoms with van der Waals surface area (Å²) in [6, 6.07) is 8.29. The highest BCUT2D eigenvalue weighted by molar-refractivity contribution is 5.78. The van der Waals surface area contributed by atoms with Gasteiger partial charge in [0.25, 0.3) is 0 Å². The zero-order valence-electron chi connectivity index (χ0n) is 13.4. The predicted octanol–water partition coefficient (Wildman–Crippen LogP) is 2.60. The molecule has 0 aliphatic carbocycles. The van der Waals surface area contributed by atoms with Gasteiger partial charge in [-0.05, 0) is 44.5 Å². The number of carbonyl (C=O) groups is 1. The molecule has 0 aromatic heterocycles. The van der Waals surface area contributed by atoms with E-state index < -0.39 is 0 Å². The van der Waals surface area contributed by atoms with Gasteiger partial charge >= 0.3 is 0 Å². The maximum Gasteiger partial charge on any atom is 0.222 e. The number of ether oxygens (including phenoxy) is 1. The van der Waals surface area contributed by atoms with Crippen molar-refractivity contribution in [3.8, 4) is 5.75 Å². The van der Waals surface area contributed by atoms with Gasteiger partial charge in [-0.15, -0.1) is 0 Å². The molecule has 21 heavy (non-hydrogen) atoms. The smallest absolute Gasteiger partial charge is 0.222 e. The quantitative estimate of drug-likeness (QED) is 0.875. The highest BCUT2D eigenvalue weighted by Gasteiger charge is 2.28. The van der Waals surface area contributed by atoms with Gasteiger partial charge in [-0.25, -0.2) is 0 Å². The van der Waals surface area contributed by atoms with Crippen molar-refractivity contribution in [1.29, 1.82) is 0 Å². The molecule has 2 atom stereocenters. The van der Waals surface area contributed by atoms with Crippen LogP contribution in [0.25, 0.3) is 0 Å². The lowest BCUT2D eigenvalue weighted by Gasteiger charge is -2.24. The van der Waals surface area contributed by atoms with Crippen LogP contribution in [-0.4, -0.2) is 37.0 Å². The molecule has 1 fully saturated rings. The third-order valence-corrected chi connectivity index (χ3v) is 3.81. The molecule has 1 heterocycles. The molecular weight excluding hydrogens is 264 g/mol. The Morgan fingerprint density at radius 3 is 2.48 bits per heavy atom. The van der Waals surface area contributed by atoms with E-state index >= 15 is 0 Å². The Bertz CT molecular complexity index is 470. The van der Waals surface area contributed by atoms with Crippen LogP contribution in [0.3, 0.4) is 0 Å². The Kier molecular flexibility index (Phi) is 5.23. The van der Waals surface area contributed by atoms with E-state index in [1.165, 1.54) is 5.56 Å². The first kappa shape index (κ1) is 15.8. The van der Waals surface area contributed by atoms with Gasteiger partial charge in [-0.2, -0.15) is 0 Å². The van der Waals surface area contributed by atoms with E-state index in [1.807, 2.05) is 37.9 Å². The summed E-state index contributed by atoms with van der Waals surface area (Å²) in [5.41, 5.74) is 1.18. The molecule has 1 aliphatic rings. The molecule has 1 aliphatic heterocycles. The number of carbonyl (C=O) groups excluding carboxylic acids is 1. The molecular formula is C17H26N2O2. The van der Waals surface area contributed by atoms with Gasteiger partial charge in [0.2, 0.25) is 5.91 Å². The second-order valence-corrected chi connectivity index (χ2v) is 6.18. The van der Waals surface area contributed by atoms with Gasteiger partial charge in [0.05, 0.1) is 6.10 Å². The third kappa shape index (κ3) is 4.21. The van der Waals surface area contributed by atoms with E-state index in [0.717, 1.165) is 18.8 Å². The van der Waals surface area contributed by atoms with Gasteiger partial charge in [-0.3, -0.25) is 4.79 Å². The molecule has 4 nitrogen and oxygen atoms in total. The van der Waals surface area contributed by atoms with Crippen molar-refractivity contribution in [3.05, 3.63) is 29.8 Å². The van der Waals surface area contributed by atoms with Crippen molar-refractivity contribution in [2.45, 2.75) is 39.3 Å². The summed E-state index contributed by atoms with van der Waals surface area (Å²) in [6.45, 7) is 7.76. The SMILES string of the molecule is CNC(CN1CC(C)CC1=O)c1ccc(OC(C)C)cc1. The molecule has 2 unspecified atom stereocenters. The third-order valence-electron chi connectivity index (χ3n) is 3.81. The van der Waals surface area contributed by atoms with Gasteiger partial charge in [-0.1, -0.05) is 19.1 Å². The lowest BCUT2D eigenvalue weighted by Crippen LogP contribution is -2.34. The fraction of sp³-hybridized carbons (Fsp3) is 0.588. The van der Waals surface area contributed by atoms with E-state index in [0.29, 0.717) is 12.3 Å². The first-order chi connectivity index (χ1) is 9.99. The molecule has 0 spiro atoms. The van der Waals surface area contributed by atoms with Crippen molar-refractivity contribution in [1.82, 2.24) is 10.2 Å². The van der Waals surface area contributed by atoms with Crippen LogP contribution >= 0.6 is 0 Å². The Morgan fingerprint density at radius 1 is 1.33 bits per heavy atom. The molecule has 4 heteroatoms. The minimum atomic E-state index is 0.160. The van der Waals surface area contributed by atoms with Gasteiger partial charge in [0, 0.05) is 25.6 Å². The lowest BCUT2D eigenvalue weighted by molar-refractivity contribution is -0.128. The summed E-state index contributed by atoms with van der Waals surface area (Å²) in [5.74, 6) is 1.62. The summed E-state index contributed by atoms with van der Waals surface area (Å²) < 4.78 is 5.66. The van der Waals surface area contributed by atoms with Gasteiger partial charge < -0.3 is 15.0 Å². The maximum absolute atomic E-state index is 11.9. The molecule has 0 bridgehead atoms. The van der Waals surface area contributed by atoms with Crippen molar-refractivity contribution < 1.29 is 9.53 Å². The average Bonchev–Trinajstić information content (AvgIpc) is 2.74. The van der Waals surface area contributed by atoms with E-state index in [2.05, 4.69) is 24.4 Å². The van der Waals surface area contributed by atoms with Crippen molar-refractivity contribution in [3.63, 3.8) is 0 Å². The van der Waals surface area contributed by atoms with Crippen LogP contribution < -0.4 is 10.1 Å². The number of hydrogen-bond acceptors (Lipinski definition) is 3. The van der Waals surface area contributed by atoms with Crippen LogP contribution in [0.1, 0.15) is 38.8 Å². The van der Waals surface area contributed by atoms with Crippen molar-refractivity contribution in [2.75, 3.05) is 20.1 Å². The standard InChI is InChI=1S/C17H26N2O2/c1-12(2)21-15-7-5-14(6-8-15)16(18-4)11-19-10-13(3)9-17(19)20/h5-8,12-13,16,18H,9-11H2,1-4H3. The van der Waals surface area contributed by atoms with Crippen LogP contribution in [0.5, 0.6) is 5.75 Å². The first-order valence-corrected chi connectivity index (χ1v) is 7.71. The average molecular weight is 290 g/mol. The Labute approximate surface area is 127 Å². The zero-order chi connectivity index (χ0) is 15.4. The molecule has 2 rings (SSSR count). The van der Waals surface area contributed by atoms with Crippen LogP contribution in [0.2, 0.25) is 0 Å². The van der Waals surface area contributed by atoms with Crippen LogP contribution in [0.4, 0.5) is 0 Å². The lowest BCUT2D eigenvalue weighted by atomic mass is 10.1. The number of amides is 1. The molecule has 0 radical (unpaired) electrons. The Balaban J connectivity index is 2.02. The van der Waals surface area contributed by atoms with Gasteiger partial charge in [0.1, 0.15) is 5.75 Å². The molecule has 1 saturated heterocycles. The number of nitrogens with zero attached hydrogens (tertiary/aromatic N) is 1. The Morgan fingerprint density at radius 2 is 2.00 bits per heavy atom. The number of rotatable bonds is 6. The van der Waals surface area contributed by atoms with Crippen molar-refractivity contribution >= 4 is 5.91 Å². The largest absolute Gasteiger partial charge is 0.491 e. The van der Waals surface area contributed by atoms with E-state index in [9.17, 15) is 4.79 Å². The number of likely N-dealkylation sites (tertiary alicyclic amines) is 1. The highest BCUT2D eigenvalue weighted by Crippen LogP contribution is 2.23. The fourth-order valence-electron chi connectivity index (χ4n) is 2.78. The van der Waals surface area contributed by atoms with E-state index in [4.69, 9.17) is 4.74 Å². The number of hydrogen-bond donors (Lipinski definition) is 1. The normalized spacial score (nSPS) is 20.1. The summed E-state index contributed by atoms with van der Waals surface area (Å²) >= 11 is 0. The summed E-state index contributed by atoms with van der Waals surface area (Å²) in [4.78, 5) is 13.9. The zero-order valence-corrected chi connectivity index (χ0v) is 13.4. The molecule has 116 valence electrons. The van der Waals surface area contributed by atoms with Crippen molar-refractivity contribution in [2.24, 2.45) is 5.92 Å². The van der Waals surface area contributed by atoms with E-state index in [1.54, 1.807) is 0 Å². The maximum atomic E-state index is 11.9. The summed E-state index contributed by atoms with van der Waals surface area (Å²) in [6.07, 6.45) is 0.858. The molecule has 1 aromatic carbocycles. The number of benzene rings is 1. The van der Waals surface area contributed by atoms with Crippen LogP contribution in [-0.2, 0) is 4.79 Å². The summed E-state index contributed by atoms with van der Waals surface area (Å²) in [7, 11) is 1.94. The molecule has 0 saturated carbocycles. The highest BCUT2D eigenvalue weighted by atomic mass is 16.5. The molecule has 1 amide bonds. The molecule has 1 N–H and O–H groups in total. The van der Waals surface area contributed by atoms with E-state index in [-0.39, 0.29) is 18.1 Å². The van der Waals surface area contributed by atoms with Crippen LogP contribution in [0, 0.1) is 5.92 Å². The summed E-state index contributed by atoms with van der Waals surface area (Å²) in [5, 5.41) is 3.31. The van der Waals surface area contributed by atoms with Gasteiger partial charge in [0.15, 0.2) is 0 Å². The Hall–Kier alpha value is -1.55. The van der Waals surface area contributed by atoms with Crippen LogP contribution in [0.15, 0.2) is 24.3 Å². The number of likely N-dealkylation sites (N-methyl/N-ethyl adjacent to an activating group) is 1. The monoisotopic (exact) mass is 290 g/mol. The second kappa shape index (κ2) is 6.94. The minimum absolute atomic E-state index is 0.160. The second-order valence-electron chi connectivity index (χ2n) is 6.18. The predicted molar refractivity (Wildman–Crippen MR) is 84.4 cm³/mol. The minimum Gasteiger partial charge on any atom is -0.491 e. The first-order valence-electron chi connectivity index (χ1n) is 7.71. The fourth-order valence-corrected chi connectivity index (χ4v) is 2.78. The molecule has 1 aromatic rings.